The van der Waals surface area contributed by atoms with Gasteiger partial charge in [0.2, 0.25) is 0 Å². The van der Waals surface area contributed by atoms with Crippen LogP contribution in [-0.4, -0.2) is 40.9 Å². The molecule has 0 atom stereocenters. The zero-order valence-electron chi connectivity index (χ0n) is 8.57. The molecule has 1 heterocycles. The van der Waals surface area contributed by atoms with Crippen molar-refractivity contribution in [3.8, 4) is 0 Å². The van der Waals surface area contributed by atoms with Crippen LogP contribution in [0.25, 0.3) is 0 Å². The summed E-state index contributed by atoms with van der Waals surface area (Å²) in [6.45, 7) is -0.597. The van der Waals surface area contributed by atoms with Crippen molar-refractivity contribution in [1.29, 1.82) is 0 Å². The molecule has 1 aromatic heterocycles. The largest absolute Gasteiger partial charge is 0.401 e. The Morgan fingerprint density at radius 3 is 2.69 bits per heavy atom. The number of thiazole rings is 1. The minimum atomic E-state index is -4.21. The molecule has 0 fully saturated rings. The molecule has 0 spiro atoms. The van der Waals surface area contributed by atoms with E-state index in [1.54, 1.807) is 11.7 Å². The molecular formula is C9H13F3N2OS. The first-order chi connectivity index (χ1) is 7.51. The van der Waals surface area contributed by atoms with Crippen LogP contribution in [0.2, 0.25) is 0 Å². The van der Waals surface area contributed by atoms with Gasteiger partial charge in [-0.3, -0.25) is 9.88 Å². The third-order valence-electron chi connectivity index (χ3n) is 1.90. The number of hydrogen-bond acceptors (Lipinski definition) is 4. The average molecular weight is 254 g/mol. The second kappa shape index (κ2) is 6.17. The molecule has 0 saturated carbocycles. The molecular weight excluding hydrogens is 241 g/mol. The van der Waals surface area contributed by atoms with Crippen molar-refractivity contribution < 1.29 is 18.3 Å². The summed E-state index contributed by atoms with van der Waals surface area (Å²) in [7, 11) is 0. The fourth-order valence-electron chi connectivity index (χ4n) is 1.30. The smallest absolute Gasteiger partial charge is 0.396 e. The lowest BCUT2D eigenvalue weighted by atomic mass is 10.3. The Balaban J connectivity index is 2.50. The molecule has 3 nitrogen and oxygen atoms in total. The van der Waals surface area contributed by atoms with Gasteiger partial charge in [-0.2, -0.15) is 13.2 Å². The van der Waals surface area contributed by atoms with E-state index >= 15 is 0 Å². The zero-order chi connectivity index (χ0) is 12.0. The second-order valence-electron chi connectivity index (χ2n) is 3.37. The van der Waals surface area contributed by atoms with E-state index in [1.807, 2.05) is 0 Å². The van der Waals surface area contributed by atoms with Crippen molar-refractivity contribution in [3.05, 3.63) is 16.6 Å². The number of aliphatic hydroxyl groups is 1. The van der Waals surface area contributed by atoms with Gasteiger partial charge < -0.3 is 5.11 Å². The van der Waals surface area contributed by atoms with Crippen LogP contribution in [0.4, 0.5) is 13.2 Å². The molecule has 7 heteroatoms. The van der Waals surface area contributed by atoms with Crippen LogP contribution >= 0.6 is 11.3 Å². The van der Waals surface area contributed by atoms with Gasteiger partial charge in [0.15, 0.2) is 0 Å². The molecule has 0 aliphatic carbocycles. The van der Waals surface area contributed by atoms with Gasteiger partial charge in [0.25, 0.3) is 0 Å². The van der Waals surface area contributed by atoms with Crippen LogP contribution in [-0.2, 0) is 6.54 Å². The third kappa shape index (κ3) is 5.43. The van der Waals surface area contributed by atoms with Gasteiger partial charge >= 0.3 is 6.18 Å². The van der Waals surface area contributed by atoms with Gasteiger partial charge in [-0.1, -0.05) is 0 Å². The molecule has 0 bridgehead atoms. The molecule has 0 saturated heterocycles. The molecule has 0 aliphatic heterocycles. The van der Waals surface area contributed by atoms with E-state index < -0.39 is 12.7 Å². The van der Waals surface area contributed by atoms with Gasteiger partial charge in [0.05, 0.1) is 12.1 Å². The normalized spacial score (nSPS) is 12.3. The summed E-state index contributed by atoms with van der Waals surface area (Å²) in [5, 5.41) is 8.62. The molecule has 16 heavy (non-hydrogen) atoms. The van der Waals surface area contributed by atoms with Gasteiger partial charge in [-0.15, -0.1) is 11.3 Å². The maximum absolute atomic E-state index is 12.2. The van der Waals surface area contributed by atoms with E-state index in [0.717, 1.165) is 4.88 Å². The molecule has 1 rings (SSSR count). The van der Waals surface area contributed by atoms with E-state index in [1.165, 1.54) is 16.2 Å². The van der Waals surface area contributed by atoms with Crippen LogP contribution in [0.5, 0.6) is 0 Å². The number of aliphatic hydroxyl groups excluding tert-OH is 1. The Morgan fingerprint density at radius 1 is 1.44 bits per heavy atom. The van der Waals surface area contributed by atoms with Crippen LogP contribution in [0.3, 0.4) is 0 Å². The Hall–Kier alpha value is -0.660. The summed E-state index contributed by atoms with van der Waals surface area (Å²) in [5.74, 6) is 0. The zero-order valence-corrected chi connectivity index (χ0v) is 9.39. The fraction of sp³-hybridized carbons (Fsp3) is 0.667. The van der Waals surface area contributed by atoms with Crippen molar-refractivity contribution >= 4 is 11.3 Å². The number of rotatable bonds is 6. The number of alkyl halides is 3. The van der Waals surface area contributed by atoms with E-state index in [9.17, 15) is 13.2 Å². The highest BCUT2D eigenvalue weighted by molar-refractivity contribution is 7.09. The summed E-state index contributed by atoms with van der Waals surface area (Å²) in [6, 6.07) is 0. The number of halogens is 3. The lowest BCUT2D eigenvalue weighted by Gasteiger charge is -2.22. The molecule has 0 aromatic carbocycles. The standard InChI is InChI=1S/C9H13F3N2OS/c10-9(11,12)6-14(2-1-3-15)5-8-4-13-7-16-8/h4,7,15H,1-3,5-6H2. The Kier molecular flexibility index (Phi) is 5.17. The van der Waals surface area contributed by atoms with E-state index in [-0.39, 0.29) is 19.7 Å². The van der Waals surface area contributed by atoms with E-state index in [0.29, 0.717) is 6.42 Å². The molecule has 0 unspecified atom stereocenters. The summed E-state index contributed by atoms with van der Waals surface area (Å²) in [6.07, 6.45) is -2.30. The monoisotopic (exact) mass is 254 g/mol. The Bertz CT molecular complexity index is 289. The SMILES string of the molecule is OCCCN(Cc1cncs1)CC(F)(F)F. The molecule has 1 aromatic rings. The third-order valence-corrected chi connectivity index (χ3v) is 2.66. The second-order valence-corrected chi connectivity index (χ2v) is 4.34. The average Bonchev–Trinajstić information content (AvgIpc) is 2.64. The van der Waals surface area contributed by atoms with Gasteiger partial charge in [-0.05, 0) is 6.42 Å². The first-order valence-corrected chi connectivity index (χ1v) is 5.66. The minimum absolute atomic E-state index is 0.100. The van der Waals surface area contributed by atoms with Crippen LogP contribution in [0, 0.1) is 0 Å². The van der Waals surface area contributed by atoms with Gasteiger partial charge in [0, 0.05) is 30.8 Å². The Morgan fingerprint density at radius 2 is 2.19 bits per heavy atom. The minimum Gasteiger partial charge on any atom is -0.396 e. The lowest BCUT2D eigenvalue weighted by Crippen LogP contribution is -2.34. The highest BCUT2D eigenvalue weighted by atomic mass is 32.1. The lowest BCUT2D eigenvalue weighted by molar-refractivity contribution is -0.147. The van der Waals surface area contributed by atoms with Crippen molar-refractivity contribution in [2.75, 3.05) is 19.7 Å². The molecule has 0 amide bonds. The molecule has 0 radical (unpaired) electrons. The topological polar surface area (TPSA) is 36.4 Å². The summed E-state index contributed by atoms with van der Waals surface area (Å²) >= 11 is 1.33. The highest BCUT2D eigenvalue weighted by Crippen LogP contribution is 2.19. The van der Waals surface area contributed by atoms with Crippen LogP contribution < -0.4 is 0 Å². The summed E-state index contributed by atoms with van der Waals surface area (Å²) in [4.78, 5) is 5.87. The fourth-order valence-corrected chi connectivity index (χ4v) is 1.94. The number of nitrogens with zero attached hydrogens (tertiary/aromatic N) is 2. The van der Waals surface area contributed by atoms with E-state index in [2.05, 4.69) is 4.98 Å². The van der Waals surface area contributed by atoms with Crippen molar-refractivity contribution in [1.82, 2.24) is 9.88 Å². The quantitative estimate of drug-likeness (QED) is 0.842. The molecule has 1 N–H and O–H groups in total. The van der Waals surface area contributed by atoms with Crippen molar-refractivity contribution in [2.45, 2.75) is 19.1 Å². The predicted octanol–water partition coefficient (Wildman–Crippen LogP) is 1.89. The molecule has 0 aliphatic rings. The van der Waals surface area contributed by atoms with Crippen LogP contribution in [0.15, 0.2) is 11.7 Å². The summed E-state index contributed by atoms with van der Waals surface area (Å²) < 4.78 is 36.7. The molecule has 92 valence electrons. The summed E-state index contributed by atoms with van der Waals surface area (Å²) in [5.41, 5.74) is 1.59. The predicted molar refractivity (Wildman–Crippen MR) is 55.1 cm³/mol. The number of aromatic nitrogens is 1. The maximum atomic E-state index is 12.2. The number of hydrogen-bond donors (Lipinski definition) is 1. The van der Waals surface area contributed by atoms with Gasteiger partial charge in [-0.25, -0.2) is 0 Å². The van der Waals surface area contributed by atoms with Crippen molar-refractivity contribution in [3.63, 3.8) is 0 Å². The first-order valence-electron chi connectivity index (χ1n) is 4.78. The highest BCUT2D eigenvalue weighted by Gasteiger charge is 2.30. The maximum Gasteiger partial charge on any atom is 0.401 e. The van der Waals surface area contributed by atoms with Crippen LogP contribution in [0.1, 0.15) is 11.3 Å². The van der Waals surface area contributed by atoms with Gasteiger partial charge in [0.1, 0.15) is 0 Å². The van der Waals surface area contributed by atoms with E-state index in [4.69, 9.17) is 5.11 Å². The first kappa shape index (κ1) is 13.4. The van der Waals surface area contributed by atoms with Crippen molar-refractivity contribution in [2.24, 2.45) is 0 Å². The Labute approximate surface area is 95.5 Å².